The maximum atomic E-state index is 13.1. The summed E-state index contributed by atoms with van der Waals surface area (Å²) >= 11 is 0. The van der Waals surface area contributed by atoms with Crippen LogP contribution in [0.25, 0.3) is 44.2 Å². The number of alkyl carbamates (subject to hydrolysis) is 2. The van der Waals surface area contributed by atoms with Crippen LogP contribution >= 0.6 is 0 Å². The number of carbonyl (C=O) groups excluding carboxylic acids is 4. The lowest BCUT2D eigenvalue weighted by Crippen LogP contribution is -2.44. The van der Waals surface area contributed by atoms with Crippen molar-refractivity contribution in [2.24, 2.45) is 0 Å². The van der Waals surface area contributed by atoms with E-state index < -0.39 is 12.2 Å². The minimum Gasteiger partial charge on any atom is -0.488 e. The number of fused-ring (bicyclic) bond motifs is 6. The Labute approximate surface area is 366 Å². The number of aromatic nitrogens is 4. The zero-order valence-electron chi connectivity index (χ0n) is 38.8. The van der Waals surface area contributed by atoms with Gasteiger partial charge in [0.25, 0.3) is 0 Å². The number of nitrogens with one attached hydrogen (secondary N) is 4. The number of H-pyrrole nitrogens is 2. The molecule has 0 saturated heterocycles. The molecule has 0 fully saturated rings. The number of hydrogen-bond acceptors (Lipinski definition) is 9. The zero-order chi connectivity index (χ0) is 45.9. The van der Waals surface area contributed by atoms with E-state index in [4.69, 9.17) is 9.72 Å². The second kappa shape index (κ2) is 25.0. The highest BCUT2D eigenvalue weighted by Crippen LogP contribution is 2.42. The lowest BCUT2D eigenvalue weighted by atomic mass is 9.92. The summed E-state index contributed by atoms with van der Waals surface area (Å²) in [6, 6.07) is 14.3. The average Bonchev–Trinajstić information content (AvgIpc) is 3.95. The van der Waals surface area contributed by atoms with E-state index in [1.807, 2.05) is 65.8 Å². The van der Waals surface area contributed by atoms with Gasteiger partial charge in [0.2, 0.25) is 11.8 Å². The number of aromatic amines is 2. The van der Waals surface area contributed by atoms with Crippen molar-refractivity contribution in [3.63, 3.8) is 0 Å². The molecule has 2 aromatic heterocycles. The molecule has 6 rings (SSSR count). The first-order valence-corrected chi connectivity index (χ1v) is 21.8. The lowest BCUT2D eigenvalue weighted by molar-refractivity contribution is -0.133. The number of imidazole rings is 2. The maximum absolute atomic E-state index is 13.1. The third-order valence-corrected chi connectivity index (χ3v) is 10.0. The van der Waals surface area contributed by atoms with Gasteiger partial charge in [-0.15, -0.1) is 0 Å². The van der Waals surface area contributed by atoms with Gasteiger partial charge in [-0.3, -0.25) is 9.59 Å². The summed E-state index contributed by atoms with van der Waals surface area (Å²) in [5.41, 5.74) is 6.45. The molecule has 5 aromatic rings. The molecular formula is C47H68N8O7. The summed E-state index contributed by atoms with van der Waals surface area (Å²) < 4.78 is 15.5. The molecule has 4 N–H and O–H groups in total. The molecule has 0 bridgehead atoms. The number of hydrogen-bond donors (Lipinski definition) is 4. The normalized spacial score (nSPS) is 11.9. The Bertz CT molecular complexity index is 2230. The van der Waals surface area contributed by atoms with Gasteiger partial charge in [-0.05, 0) is 73.0 Å². The van der Waals surface area contributed by atoms with Gasteiger partial charge in [0.05, 0.1) is 50.2 Å². The van der Waals surface area contributed by atoms with Gasteiger partial charge in [-0.2, -0.15) is 0 Å². The molecule has 0 aliphatic carbocycles. The van der Waals surface area contributed by atoms with Gasteiger partial charge in [-0.1, -0.05) is 86.4 Å². The van der Waals surface area contributed by atoms with E-state index >= 15 is 0 Å². The van der Waals surface area contributed by atoms with Crippen LogP contribution in [0.5, 0.6) is 5.75 Å². The first-order chi connectivity index (χ1) is 29.9. The Morgan fingerprint density at radius 2 is 1.32 bits per heavy atom. The second-order valence-electron chi connectivity index (χ2n) is 14.8. The van der Waals surface area contributed by atoms with Gasteiger partial charge in [0.1, 0.15) is 37.1 Å². The van der Waals surface area contributed by atoms with Gasteiger partial charge in [0.15, 0.2) is 0 Å². The Kier molecular flexibility index (Phi) is 20.2. The van der Waals surface area contributed by atoms with Gasteiger partial charge in [0, 0.05) is 23.0 Å². The van der Waals surface area contributed by atoms with Gasteiger partial charge < -0.3 is 44.6 Å². The molecule has 1 aliphatic heterocycles. The van der Waals surface area contributed by atoms with Crippen LogP contribution in [0.4, 0.5) is 9.59 Å². The SMILES string of the molecule is CC.CCC.CCC.CC[C@H](C)N(Cc1ncc(-c2ccc3c(c2)COc2cc4c(ccc5[nH]c(CN(C(=O)CNC(=O)OC)[C@@H](C)CC)nc54)cc2-3)[nH]1)C(=O)CNC(=O)OC. The molecule has 0 spiro atoms. The highest BCUT2D eigenvalue weighted by Gasteiger charge is 2.25. The topological polar surface area (TPSA) is 184 Å². The number of amides is 4. The second-order valence-corrected chi connectivity index (χ2v) is 14.8. The molecule has 338 valence electrons. The highest BCUT2D eigenvalue weighted by atomic mass is 16.5. The molecule has 15 nitrogen and oxygen atoms in total. The van der Waals surface area contributed by atoms with Crippen molar-refractivity contribution in [2.45, 2.75) is 127 Å². The molecule has 0 saturated carbocycles. The molecule has 2 atom stereocenters. The van der Waals surface area contributed by atoms with Gasteiger partial charge >= 0.3 is 12.2 Å². The number of methoxy groups -OCH3 is 2. The molecule has 15 heteroatoms. The molecular weight excluding hydrogens is 789 g/mol. The minimum absolute atomic E-state index is 0.0625. The Morgan fingerprint density at radius 3 is 1.87 bits per heavy atom. The number of benzene rings is 3. The van der Waals surface area contributed by atoms with Crippen molar-refractivity contribution in [3.8, 4) is 28.1 Å². The quantitative estimate of drug-likeness (QED) is 0.0896. The van der Waals surface area contributed by atoms with E-state index in [-0.39, 0.29) is 50.1 Å². The third kappa shape index (κ3) is 12.9. The fraction of sp³-hybridized carbons (Fsp3) is 0.489. The Morgan fingerprint density at radius 1 is 0.758 bits per heavy atom. The van der Waals surface area contributed by atoms with Crippen molar-refractivity contribution in [3.05, 3.63) is 65.9 Å². The molecule has 0 radical (unpaired) electrons. The van der Waals surface area contributed by atoms with Crippen LogP contribution in [0, 0.1) is 0 Å². The van der Waals surface area contributed by atoms with Crippen LogP contribution in [-0.2, 0) is 38.8 Å². The first kappa shape index (κ1) is 50.2. The van der Waals surface area contributed by atoms with Crippen molar-refractivity contribution < 1.29 is 33.4 Å². The molecule has 3 aromatic carbocycles. The largest absolute Gasteiger partial charge is 0.488 e. The molecule has 3 heterocycles. The van der Waals surface area contributed by atoms with Crippen LogP contribution in [-0.4, -0.2) is 93.1 Å². The summed E-state index contributed by atoms with van der Waals surface area (Å²) in [6.45, 7) is 21.0. The number of carbonyl (C=O) groups is 4. The number of ether oxygens (including phenoxy) is 3. The fourth-order valence-corrected chi connectivity index (χ4v) is 6.56. The third-order valence-electron chi connectivity index (χ3n) is 10.0. The predicted molar refractivity (Wildman–Crippen MR) is 246 cm³/mol. The van der Waals surface area contributed by atoms with Crippen LogP contribution in [0.2, 0.25) is 0 Å². The van der Waals surface area contributed by atoms with Gasteiger partial charge in [-0.25, -0.2) is 19.6 Å². The van der Waals surface area contributed by atoms with Crippen LogP contribution in [0.15, 0.2) is 48.7 Å². The Balaban J connectivity index is 0.00000119. The van der Waals surface area contributed by atoms with Crippen LogP contribution < -0.4 is 15.4 Å². The minimum atomic E-state index is -0.660. The summed E-state index contributed by atoms with van der Waals surface area (Å²) in [7, 11) is 2.51. The van der Waals surface area contributed by atoms with Crippen LogP contribution in [0.1, 0.15) is 112 Å². The summed E-state index contributed by atoms with van der Waals surface area (Å²) in [5.74, 6) is 1.56. The maximum Gasteiger partial charge on any atom is 0.407 e. The molecule has 0 unspecified atom stereocenters. The van der Waals surface area contributed by atoms with E-state index in [0.717, 1.165) is 68.3 Å². The zero-order valence-corrected chi connectivity index (χ0v) is 38.8. The van der Waals surface area contributed by atoms with E-state index in [2.05, 4.69) is 81.0 Å². The number of nitrogens with zero attached hydrogens (tertiary/aromatic N) is 4. The predicted octanol–water partition coefficient (Wildman–Crippen LogP) is 9.49. The average molecular weight is 857 g/mol. The summed E-state index contributed by atoms with van der Waals surface area (Å²) in [4.78, 5) is 68.7. The van der Waals surface area contributed by atoms with Crippen LogP contribution in [0.3, 0.4) is 0 Å². The van der Waals surface area contributed by atoms with E-state index in [9.17, 15) is 19.2 Å². The first-order valence-electron chi connectivity index (χ1n) is 21.8. The highest BCUT2D eigenvalue weighted by molar-refractivity contribution is 6.07. The lowest BCUT2D eigenvalue weighted by Gasteiger charge is -2.28. The molecule has 1 aliphatic rings. The molecule has 62 heavy (non-hydrogen) atoms. The number of rotatable bonds is 13. The molecule has 4 amide bonds. The fourth-order valence-electron chi connectivity index (χ4n) is 6.56. The van der Waals surface area contributed by atoms with Crippen molar-refractivity contribution >= 4 is 45.8 Å². The summed E-state index contributed by atoms with van der Waals surface area (Å²) in [6.07, 6.45) is 4.42. The van der Waals surface area contributed by atoms with E-state index in [0.29, 0.717) is 18.3 Å². The van der Waals surface area contributed by atoms with E-state index in [1.54, 1.807) is 16.0 Å². The summed E-state index contributed by atoms with van der Waals surface area (Å²) in [5, 5.41) is 6.86. The monoisotopic (exact) mass is 857 g/mol. The van der Waals surface area contributed by atoms with Crippen molar-refractivity contribution in [1.29, 1.82) is 0 Å². The van der Waals surface area contributed by atoms with E-state index in [1.165, 1.54) is 27.1 Å². The Hall–Kier alpha value is -6.12. The van der Waals surface area contributed by atoms with Crippen molar-refractivity contribution in [1.82, 2.24) is 40.4 Å². The smallest absolute Gasteiger partial charge is 0.407 e. The standard InChI is InChI=1S/C39H46N8O7.2C3H8.C2H6/c1-7-22(3)46(35(48)17-41-38(50)52-5)19-33-40-16-31(44-33)25-9-11-27-26(13-25)21-54-32-15-28-24(14-29(27)32)10-12-30-37(28)45-34(43-30)20-47(23(4)8-2)36(49)18-42-39(51)53-6;2*1-3-2;1-2/h9-16,22-23H,7-8,17-21H2,1-6H3,(H,40,44)(H,41,50)(H,42,51)(H,43,45);2*3H2,1-2H3;1-2H3/t22-,23-;;;/m0.../s1. The van der Waals surface area contributed by atoms with Crippen molar-refractivity contribution in [2.75, 3.05) is 27.3 Å².